The molecule has 0 unspecified atom stereocenters. The molecule has 0 spiro atoms. The Bertz CT molecular complexity index is 1670. The molecule has 36 heavy (non-hydrogen) atoms. The van der Waals surface area contributed by atoms with Gasteiger partial charge in [-0.2, -0.15) is 5.10 Å². The van der Waals surface area contributed by atoms with Gasteiger partial charge in [0.15, 0.2) is 11.5 Å². The van der Waals surface area contributed by atoms with Crippen LogP contribution in [0.5, 0.6) is 11.5 Å². The van der Waals surface area contributed by atoms with Crippen molar-refractivity contribution in [2.75, 3.05) is 6.79 Å². The van der Waals surface area contributed by atoms with Crippen molar-refractivity contribution in [1.82, 2.24) is 9.78 Å². The highest BCUT2D eigenvalue weighted by Crippen LogP contribution is 2.36. The summed E-state index contributed by atoms with van der Waals surface area (Å²) in [5.41, 5.74) is 3.60. The third kappa shape index (κ3) is 4.08. The van der Waals surface area contributed by atoms with Crippen LogP contribution < -0.4 is 9.47 Å². The Morgan fingerprint density at radius 2 is 1.72 bits per heavy atom. The molecule has 7 heteroatoms. The molecule has 0 atom stereocenters. The van der Waals surface area contributed by atoms with E-state index in [2.05, 4.69) is 24.3 Å². The van der Waals surface area contributed by atoms with E-state index in [0.717, 1.165) is 27.7 Å². The lowest BCUT2D eigenvalue weighted by atomic mass is 10.0. The van der Waals surface area contributed by atoms with E-state index in [1.54, 1.807) is 35.0 Å². The molecule has 1 aliphatic heterocycles. The molecule has 2 heterocycles. The molecule has 0 amide bonds. The highest BCUT2D eigenvalue weighted by Gasteiger charge is 2.19. The monoisotopic (exact) mass is 494 g/mol. The minimum atomic E-state index is -1.07. The van der Waals surface area contributed by atoms with E-state index >= 15 is 0 Å². The first-order chi connectivity index (χ1) is 17.5. The summed E-state index contributed by atoms with van der Waals surface area (Å²) in [5, 5.41) is 17.4. The number of carboxylic acid groups (broad SMARTS) is 1. The Morgan fingerprint density at radius 3 is 2.56 bits per heavy atom. The van der Waals surface area contributed by atoms with E-state index in [4.69, 9.17) is 26.2 Å². The van der Waals surface area contributed by atoms with Crippen molar-refractivity contribution in [3.8, 4) is 28.4 Å². The zero-order valence-corrected chi connectivity index (χ0v) is 19.6. The Hall–Kier alpha value is -4.55. The third-order valence-corrected chi connectivity index (χ3v) is 6.27. The number of hydrogen-bond donors (Lipinski definition) is 1. The van der Waals surface area contributed by atoms with Gasteiger partial charge in [0.25, 0.3) is 0 Å². The van der Waals surface area contributed by atoms with Crippen LogP contribution in [0.25, 0.3) is 39.4 Å². The molecular formula is C29H19ClN2O4. The zero-order chi connectivity index (χ0) is 24.6. The molecule has 4 aromatic carbocycles. The third-order valence-electron chi connectivity index (χ3n) is 6.03. The predicted molar refractivity (Wildman–Crippen MR) is 140 cm³/mol. The number of halogens is 1. The van der Waals surface area contributed by atoms with Crippen molar-refractivity contribution in [2.24, 2.45) is 0 Å². The summed E-state index contributed by atoms with van der Waals surface area (Å²) in [7, 11) is 0. The summed E-state index contributed by atoms with van der Waals surface area (Å²) >= 11 is 6.12. The van der Waals surface area contributed by atoms with Crippen molar-refractivity contribution in [2.45, 2.75) is 0 Å². The fraction of sp³-hybridized carbons (Fsp3) is 0.0345. The lowest BCUT2D eigenvalue weighted by Crippen LogP contribution is -2.01. The maximum Gasteiger partial charge on any atom is 0.336 e. The van der Waals surface area contributed by atoms with Crippen LogP contribution in [0.4, 0.5) is 0 Å². The highest BCUT2D eigenvalue weighted by molar-refractivity contribution is 6.31. The van der Waals surface area contributed by atoms with Crippen LogP contribution in [0.15, 0.2) is 91.0 Å². The van der Waals surface area contributed by atoms with Crippen LogP contribution in [0.2, 0.25) is 5.02 Å². The van der Waals surface area contributed by atoms with Crippen LogP contribution in [0.3, 0.4) is 0 Å². The van der Waals surface area contributed by atoms with Gasteiger partial charge in [0, 0.05) is 16.7 Å². The van der Waals surface area contributed by atoms with Gasteiger partial charge < -0.3 is 14.6 Å². The number of benzene rings is 4. The number of rotatable bonds is 5. The van der Waals surface area contributed by atoms with Gasteiger partial charge in [0.05, 0.1) is 22.6 Å². The number of carboxylic acids is 1. The molecule has 1 aromatic heterocycles. The van der Waals surface area contributed by atoms with E-state index in [9.17, 15) is 9.90 Å². The first-order valence-corrected chi connectivity index (χ1v) is 11.6. The lowest BCUT2D eigenvalue weighted by Gasteiger charge is -2.09. The highest BCUT2D eigenvalue weighted by atomic mass is 35.5. The van der Waals surface area contributed by atoms with E-state index in [0.29, 0.717) is 27.8 Å². The van der Waals surface area contributed by atoms with Crippen molar-refractivity contribution >= 4 is 40.0 Å². The van der Waals surface area contributed by atoms with Gasteiger partial charge in [0.2, 0.25) is 6.79 Å². The van der Waals surface area contributed by atoms with Gasteiger partial charge in [-0.15, -0.1) is 0 Å². The van der Waals surface area contributed by atoms with Crippen LogP contribution in [-0.4, -0.2) is 27.6 Å². The molecule has 0 saturated heterocycles. The van der Waals surface area contributed by atoms with Gasteiger partial charge in [-0.3, -0.25) is 0 Å². The molecule has 5 aromatic rings. The van der Waals surface area contributed by atoms with Crippen molar-refractivity contribution in [1.29, 1.82) is 0 Å². The molecule has 0 fully saturated rings. The van der Waals surface area contributed by atoms with E-state index < -0.39 is 5.97 Å². The second kappa shape index (κ2) is 8.91. The summed E-state index contributed by atoms with van der Waals surface area (Å²) in [4.78, 5) is 12.1. The fourth-order valence-corrected chi connectivity index (χ4v) is 4.50. The van der Waals surface area contributed by atoms with E-state index in [1.807, 2.05) is 42.5 Å². The molecule has 176 valence electrons. The summed E-state index contributed by atoms with van der Waals surface area (Å²) in [6.45, 7) is 0.172. The van der Waals surface area contributed by atoms with Crippen LogP contribution in [0.1, 0.15) is 11.3 Å². The molecule has 6 nitrogen and oxygen atoms in total. The number of hydrogen-bond acceptors (Lipinski definition) is 4. The molecule has 1 aliphatic rings. The van der Waals surface area contributed by atoms with Crippen LogP contribution >= 0.6 is 11.6 Å². The summed E-state index contributed by atoms with van der Waals surface area (Å²) in [6, 6.07) is 28.6. The average molecular weight is 495 g/mol. The minimum absolute atomic E-state index is 0.0953. The standard InChI is InChI=1S/C29H19ClN2O4/c30-22-7-3-6-20(13-22)25(29(33)34)14-23-15-26(21-9-8-18-4-1-2-5-19(18)12-21)32(31-23)24-10-11-27-28(16-24)36-17-35-27/h1-16H,17H2,(H,33,34)/b25-14-. The number of fused-ring (bicyclic) bond motifs is 2. The summed E-state index contributed by atoms with van der Waals surface area (Å²) in [5.74, 6) is 0.240. The van der Waals surface area contributed by atoms with Gasteiger partial charge in [-0.05, 0) is 58.8 Å². The number of aromatic nitrogens is 2. The van der Waals surface area contributed by atoms with Crippen molar-refractivity contribution in [3.05, 3.63) is 107 Å². The van der Waals surface area contributed by atoms with E-state index in [1.165, 1.54) is 0 Å². The molecule has 0 radical (unpaired) electrons. The second-order valence-electron chi connectivity index (χ2n) is 8.34. The van der Waals surface area contributed by atoms with Gasteiger partial charge >= 0.3 is 5.97 Å². The number of aliphatic carboxylic acids is 1. The Balaban J connectivity index is 1.53. The van der Waals surface area contributed by atoms with E-state index in [-0.39, 0.29) is 12.4 Å². The Labute approximate surface area is 211 Å². The average Bonchev–Trinajstić information content (AvgIpc) is 3.53. The normalized spacial score (nSPS) is 12.8. The van der Waals surface area contributed by atoms with Crippen LogP contribution in [-0.2, 0) is 4.79 Å². The van der Waals surface area contributed by atoms with Crippen molar-refractivity contribution < 1.29 is 19.4 Å². The zero-order valence-electron chi connectivity index (χ0n) is 18.9. The first kappa shape index (κ1) is 21.9. The summed E-state index contributed by atoms with van der Waals surface area (Å²) in [6.07, 6.45) is 1.56. The topological polar surface area (TPSA) is 73.6 Å². The quantitative estimate of drug-likeness (QED) is 0.275. The molecule has 0 aliphatic carbocycles. The SMILES string of the molecule is O=C(O)/C(=C\c1cc(-c2ccc3ccccc3c2)n(-c2ccc3c(c2)OCO3)n1)c1cccc(Cl)c1. The van der Waals surface area contributed by atoms with Gasteiger partial charge in [-0.25, -0.2) is 9.48 Å². The number of ether oxygens (including phenoxy) is 2. The second-order valence-corrected chi connectivity index (χ2v) is 8.78. The molecule has 6 rings (SSSR count). The number of carbonyl (C=O) groups is 1. The molecule has 0 saturated carbocycles. The molecular weight excluding hydrogens is 476 g/mol. The van der Waals surface area contributed by atoms with Crippen LogP contribution in [0, 0.1) is 0 Å². The maximum atomic E-state index is 12.1. The smallest absolute Gasteiger partial charge is 0.336 e. The van der Waals surface area contributed by atoms with Gasteiger partial charge in [-0.1, -0.05) is 60.1 Å². The lowest BCUT2D eigenvalue weighted by molar-refractivity contribution is -0.130. The minimum Gasteiger partial charge on any atom is -0.478 e. The first-order valence-electron chi connectivity index (χ1n) is 11.3. The molecule has 1 N–H and O–H groups in total. The summed E-state index contributed by atoms with van der Waals surface area (Å²) < 4.78 is 12.8. The fourth-order valence-electron chi connectivity index (χ4n) is 4.31. The number of nitrogens with zero attached hydrogens (tertiary/aromatic N) is 2. The largest absolute Gasteiger partial charge is 0.478 e. The Kier molecular flexibility index (Phi) is 5.43. The maximum absolute atomic E-state index is 12.1. The van der Waals surface area contributed by atoms with Gasteiger partial charge in [0.1, 0.15) is 0 Å². The van der Waals surface area contributed by atoms with Crippen molar-refractivity contribution in [3.63, 3.8) is 0 Å². The molecule has 0 bridgehead atoms. The Morgan fingerprint density at radius 1 is 0.889 bits per heavy atom. The predicted octanol–water partition coefficient (Wildman–Crippen LogP) is 6.70.